The Labute approximate surface area is 189 Å². The number of nitrogens with zero attached hydrogens (tertiary/aromatic N) is 5. The molecule has 1 fully saturated rings. The van der Waals surface area contributed by atoms with Crippen molar-refractivity contribution in [3.8, 4) is 11.3 Å². The SMILES string of the molecule is Cn1nc2c(c1-c1cc(F)c(F)c(F)c1)C[C@H]1CCC[C@@H]2N1C(=O)c1cnc2n1CCCC2. The zero-order chi connectivity index (χ0) is 22.9. The zero-order valence-corrected chi connectivity index (χ0v) is 18.3. The lowest BCUT2D eigenvalue weighted by Gasteiger charge is -2.45. The minimum absolute atomic E-state index is 0.0259. The summed E-state index contributed by atoms with van der Waals surface area (Å²) in [4.78, 5) is 20.2. The van der Waals surface area contributed by atoms with Crippen LogP contribution in [0.2, 0.25) is 0 Å². The van der Waals surface area contributed by atoms with Crippen LogP contribution in [0.5, 0.6) is 0 Å². The second-order valence-corrected chi connectivity index (χ2v) is 9.28. The molecule has 1 amide bonds. The summed E-state index contributed by atoms with van der Waals surface area (Å²) in [5.74, 6) is -2.99. The van der Waals surface area contributed by atoms with E-state index in [0.29, 0.717) is 17.8 Å². The molecule has 0 radical (unpaired) electrons. The highest BCUT2D eigenvalue weighted by atomic mass is 19.2. The van der Waals surface area contributed by atoms with Crippen molar-refractivity contribution in [2.75, 3.05) is 0 Å². The van der Waals surface area contributed by atoms with Gasteiger partial charge >= 0.3 is 0 Å². The van der Waals surface area contributed by atoms with E-state index < -0.39 is 17.5 Å². The summed E-state index contributed by atoms with van der Waals surface area (Å²) in [5.41, 5.74) is 3.11. The van der Waals surface area contributed by atoms with Gasteiger partial charge in [0.2, 0.25) is 0 Å². The number of carbonyl (C=O) groups is 1. The van der Waals surface area contributed by atoms with E-state index in [9.17, 15) is 18.0 Å². The van der Waals surface area contributed by atoms with Gasteiger partial charge in [0.25, 0.3) is 5.91 Å². The minimum Gasteiger partial charge on any atom is -0.325 e. The van der Waals surface area contributed by atoms with Crippen LogP contribution < -0.4 is 0 Å². The predicted octanol–water partition coefficient (Wildman–Crippen LogP) is 4.33. The number of hydrogen-bond donors (Lipinski definition) is 0. The molecule has 5 heterocycles. The monoisotopic (exact) mass is 455 g/mol. The first-order valence-electron chi connectivity index (χ1n) is 11.5. The third-order valence-electron chi connectivity index (χ3n) is 7.36. The second-order valence-electron chi connectivity index (χ2n) is 9.28. The molecule has 2 atom stereocenters. The number of benzene rings is 1. The van der Waals surface area contributed by atoms with Crippen molar-refractivity contribution >= 4 is 5.91 Å². The van der Waals surface area contributed by atoms with Crippen LogP contribution in [0.3, 0.4) is 0 Å². The second kappa shape index (κ2) is 7.46. The number of piperidine rings is 1. The van der Waals surface area contributed by atoms with Gasteiger partial charge in [-0.15, -0.1) is 0 Å². The molecule has 2 aromatic heterocycles. The molecule has 3 aliphatic heterocycles. The third-order valence-corrected chi connectivity index (χ3v) is 7.36. The summed E-state index contributed by atoms with van der Waals surface area (Å²) in [7, 11) is 1.72. The van der Waals surface area contributed by atoms with E-state index in [1.807, 2.05) is 9.47 Å². The van der Waals surface area contributed by atoms with Gasteiger partial charge in [-0.3, -0.25) is 9.48 Å². The quantitative estimate of drug-likeness (QED) is 0.541. The summed E-state index contributed by atoms with van der Waals surface area (Å²) in [6, 6.07) is 1.80. The Morgan fingerprint density at radius 2 is 1.88 bits per heavy atom. The Kier molecular flexibility index (Phi) is 4.64. The summed E-state index contributed by atoms with van der Waals surface area (Å²) in [6.45, 7) is 0.806. The highest BCUT2D eigenvalue weighted by Crippen LogP contribution is 2.45. The lowest BCUT2D eigenvalue weighted by molar-refractivity contribution is 0.0380. The number of imidazole rings is 1. The van der Waals surface area contributed by atoms with Gasteiger partial charge in [-0.05, 0) is 50.7 Å². The maximum atomic E-state index is 14.0. The minimum atomic E-state index is -1.48. The third kappa shape index (κ3) is 3.04. The van der Waals surface area contributed by atoms with Crippen molar-refractivity contribution in [3.63, 3.8) is 0 Å². The van der Waals surface area contributed by atoms with Crippen molar-refractivity contribution in [1.82, 2.24) is 24.2 Å². The lowest BCUT2D eigenvalue weighted by Crippen LogP contribution is -2.50. The average Bonchev–Trinajstić information content (AvgIpc) is 3.37. The van der Waals surface area contributed by atoms with Gasteiger partial charge in [0.05, 0.1) is 23.6 Å². The van der Waals surface area contributed by atoms with Gasteiger partial charge in [0.1, 0.15) is 11.5 Å². The molecule has 2 bridgehead atoms. The van der Waals surface area contributed by atoms with Crippen LogP contribution in [0.1, 0.15) is 65.7 Å². The molecule has 33 heavy (non-hydrogen) atoms. The molecule has 172 valence electrons. The number of fused-ring (bicyclic) bond motifs is 5. The summed E-state index contributed by atoms with van der Waals surface area (Å²) in [6.07, 6.45) is 7.86. The molecule has 1 saturated heterocycles. The van der Waals surface area contributed by atoms with Gasteiger partial charge in [0, 0.05) is 37.2 Å². The van der Waals surface area contributed by atoms with Crippen molar-refractivity contribution in [3.05, 3.63) is 58.6 Å². The number of rotatable bonds is 2. The summed E-state index contributed by atoms with van der Waals surface area (Å²) in [5, 5.41) is 4.69. The molecule has 1 aromatic carbocycles. The first-order valence-corrected chi connectivity index (χ1v) is 11.5. The Morgan fingerprint density at radius 3 is 2.67 bits per heavy atom. The molecule has 0 unspecified atom stereocenters. The van der Waals surface area contributed by atoms with E-state index in [1.54, 1.807) is 17.9 Å². The van der Waals surface area contributed by atoms with Crippen LogP contribution in [0.4, 0.5) is 13.2 Å². The topological polar surface area (TPSA) is 56.0 Å². The van der Waals surface area contributed by atoms with E-state index in [2.05, 4.69) is 4.98 Å². The van der Waals surface area contributed by atoms with Crippen LogP contribution in [-0.4, -0.2) is 36.2 Å². The first kappa shape index (κ1) is 20.5. The highest BCUT2D eigenvalue weighted by Gasteiger charge is 2.44. The van der Waals surface area contributed by atoms with E-state index in [4.69, 9.17) is 5.10 Å². The van der Waals surface area contributed by atoms with Gasteiger partial charge in [-0.25, -0.2) is 18.2 Å². The Hall–Kier alpha value is -3.10. The largest absolute Gasteiger partial charge is 0.325 e. The molecule has 0 spiro atoms. The number of carbonyl (C=O) groups excluding carboxylic acids is 1. The summed E-state index contributed by atoms with van der Waals surface area (Å²) >= 11 is 0. The normalized spacial score (nSPS) is 21.6. The van der Waals surface area contributed by atoms with E-state index in [1.165, 1.54) is 0 Å². The maximum absolute atomic E-state index is 14.0. The van der Waals surface area contributed by atoms with Gasteiger partial charge in [0.15, 0.2) is 17.5 Å². The molecule has 0 N–H and O–H groups in total. The summed E-state index contributed by atoms with van der Waals surface area (Å²) < 4.78 is 45.2. The number of aromatic nitrogens is 4. The smallest absolute Gasteiger partial charge is 0.272 e. The molecule has 6 nitrogen and oxygen atoms in total. The van der Waals surface area contributed by atoms with Crippen LogP contribution in [0, 0.1) is 17.5 Å². The van der Waals surface area contributed by atoms with Crippen LogP contribution >= 0.6 is 0 Å². The number of aryl methyl sites for hydroxylation is 2. The van der Waals surface area contributed by atoms with Gasteiger partial charge < -0.3 is 9.47 Å². The predicted molar refractivity (Wildman–Crippen MR) is 114 cm³/mol. The van der Waals surface area contributed by atoms with Gasteiger partial charge in [-0.1, -0.05) is 0 Å². The van der Waals surface area contributed by atoms with Crippen molar-refractivity contribution in [1.29, 1.82) is 0 Å². The van der Waals surface area contributed by atoms with E-state index in [0.717, 1.165) is 74.3 Å². The number of halogens is 3. The molecular formula is C24H24F3N5O. The first-order chi connectivity index (χ1) is 15.9. The molecule has 9 heteroatoms. The molecule has 0 saturated carbocycles. The zero-order valence-electron chi connectivity index (χ0n) is 18.3. The van der Waals surface area contributed by atoms with E-state index in [-0.39, 0.29) is 23.6 Å². The Bertz CT molecular complexity index is 1260. The van der Waals surface area contributed by atoms with E-state index >= 15 is 0 Å². The molecule has 6 rings (SSSR count). The molecule has 3 aliphatic rings. The number of amides is 1. The van der Waals surface area contributed by atoms with Crippen LogP contribution in [0.15, 0.2) is 18.3 Å². The standard InChI is InChI=1S/C24H24F3N5O/c1-30-23(13-9-16(25)21(27)17(26)10-13)15-11-14-5-4-6-18(22(15)29-30)32(14)24(33)19-12-28-20-7-2-3-8-31(19)20/h9-10,12,14,18H,2-8,11H2,1H3/t14-,18+/m1/s1. The van der Waals surface area contributed by atoms with Crippen molar-refractivity contribution in [2.24, 2.45) is 7.05 Å². The Morgan fingerprint density at radius 1 is 1.09 bits per heavy atom. The fourth-order valence-corrected chi connectivity index (χ4v) is 5.92. The van der Waals surface area contributed by atoms with Crippen molar-refractivity contribution in [2.45, 2.75) is 63.6 Å². The fraction of sp³-hybridized carbons (Fsp3) is 0.458. The maximum Gasteiger partial charge on any atom is 0.272 e. The molecular weight excluding hydrogens is 431 g/mol. The lowest BCUT2D eigenvalue weighted by atomic mass is 9.81. The average molecular weight is 455 g/mol. The van der Waals surface area contributed by atoms with Crippen LogP contribution in [0.25, 0.3) is 11.3 Å². The fourth-order valence-electron chi connectivity index (χ4n) is 5.92. The van der Waals surface area contributed by atoms with Gasteiger partial charge in [-0.2, -0.15) is 5.10 Å². The van der Waals surface area contributed by atoms with Crippen molar-refractivity contribution < 1.29 is 18.0 Å². The molecule has 3 aromatic rings. The highest BCUT2D eigenvalue weighted by molar-refractivity contribution is 5.93. The Balaban J connectivity index is 1.42. The number of hydrogen-bond acceptors (Lipinski definition) is 3. The molecule has 0 aliphatic carbocycles. The van der Waals surface area contributed by atoms with Crippen LogP contribution in [-0.2, 0) is 26.4 Å².